The van der Waals surface area contributed by atoms with Gasteiger partial charge in [0.1, 0.15) is 11.9 Å². The molecule has 4 heterocycles. The first kappa shape index (κ1) is 21.6. The fourth-order valence-electron chi connectivity index (χ4n) is 6.88. The Kier molecular flexibility index (Phi) is 4.19. The molecule has 5 aliphatic rings. The maximum atomic E-state index is 12.9. The predicted octanol–water partition coefficient (Wildman–Crippen LogP) is 2.71. The fraction of sp³-hybridized carbons (Fsp3) is 0.739. The number of aromatic nitrogens is 5. The normalized spacial score (nSPS) is 26.3. The van der Waals surface area contributed by atoms with Crippen molar-refractivity contribution in [2.45, 2.75) is 62.8 Å². The molecule has 0 aromatic carbocycles. The van der Waals surface area contributed by atoms with Crippen LogP contribution in [0.3, 0.4) is 0 Å². The van der Waals surface area contributed by atoms with Crippen molar-refractivity contribution >= 4 is 6.03 Å². The average Bonchev–Trinajstić information content (AvgIpc) is 3.10. The summed E-state index contributed by atoms with van der Waals surface area (Å²) in [4.78, 5) is 21.0. The molecule has 2 aliphatic heterocycles. The second kappa shape index (κ2) is 6.77. The number of halogens is 3. The van der Waals surface area contributed by atoms with E-state index in [1.165, 1.54) is 0 Å². The third kappa shape index (κ3) is 3.47. The highest BCUT2D eigenvalue weighted by Gasteiger charge is 2.59. The number of nitrogens with one attached hydrogen (secondary N) is 1. The Morgan fingerprint density at radius 3 is 2.29 bits per heavy atom. The Morgan fingerprint density at radius 1 is 1.09 bits per heavy atom. The Morgan fingerprint density at radius 2 is 1.71 bits per heavy atom. The van der Waals surface area contributed by atoms with Gasteiger partial charge in [-0.1, -0.05) is 0 Å². The molecule has 2 amide bonds. The molecule has 0 unspecified atom stereocenters. The van der Waals surface area contributed by atoms with Crippen molar-refractivity contribution in [3.8, 4) is 0 Å². The van der Waals surface area contributed by atoms with Crippen LogP contribution in [-0.4, -0.2) is 72.1 Å². The van der Waals surface area contributed by atoms with Gasteiger partial charge in [0.05, 0.1) is 6.04 Å². The number of rotatable bonds is 4. The van der Waals surface area contributed by atoms with Crippen molar-refractivity contribution in [3.05, 3.63) is 29.6 Å². The highest BCUT2D eigenvalue weighted by molar-refractivity contribution is 5.77. The van der Waals surface area contributed by atoms with E-state index in [4.69, 9.17) is 0 Å². The number of nitrogens with zero attached hydrogens (tertiary/aromatic N) is 6. The van der Waals surface area contributed by atoms with Crippen LogP contribution in [0.2, 0.25) is 0 Å². The van der Waals surface area contributed by atoms with Crippen molar-refractivity contribution in [2.75, 3.05) is 26.2 Å². The quantitative estimate of drug-likeness (QED) is 0.685. The first-order valence-electron chi connectivity index (χ1n) is 12.3. The number of aliphatic hydroxyl groups is 1. The lowest BCUT2D eigenvalue weighted by atomic mass is 9.56. The summed E-state index contributed by atoms with van der Waals surface area (Å²) in [6.45, 7) is 3.05. The van der Waals surface area contributed by atoms with Gasteiger partial charge in [0.15, 0.2) is 11.5 Å². The number of urea groups is 1. The van der Waals surface area contributed by atoms with E-state index >= 15 is 0 Å². The molecule has 35 heavy (non-hydrogen) atoms. The van der Waals surface area contributed by atoms with Gasteiger partial charge in [0, 0.05) is 42.7 Å². The third-order valence-corrected chi connectivity index (χ3v) is 8.88. The lowest BCUT2D eigenvalue weighted by molar-refractivity contribution is -0.141. The van der Waals surface area contributed by atoms with Crippen LogP contribution in [0.1, 0.15) is 61.8 Å². The second-order valence-electron chi connectivity index (χ2n) is 11.9. The Hall–Kier alpha value is -2.63. The number of alkyl halides is 3. The summed E-state index contributed by atoms with van der Waals surface area (Å²) in [6.07, 6.45) is 3.18. The van der Waals surface area contributed by atoms with E-state index in [0.717, 1.165) is 70.8 Å². The molecule has 0 bridgehead atoms. The van der Waals surface area contributed by atoms with E-state index in [9.17, 15) is 23.1 Å². The molecule has 0 atom stereocenters. The maximum Gasteiger partial charge on any atom is 0.435 e. The number of H-pyrrole nitrogens is 1. The van der Waals surface area contributed by atoms with Gasteiger partial charge in [0.2, 0.25) is 0 Å². The van der Waals surface area contributed by atoms with Crippen molar-refractivity contribution in [2.24, 2.45) is 16.7 Å². The van der Waals surface area contributed by atoms with E-state index in [2.05, 4.69) is 20.3 Å². The van der Waals surface area contributed by atoms with E-state index in [1.54, 1.807) is 6.33 Å². The van der Waals surface area contributed by atoms with Crippen molar-refractivity contribution in [1.82, 2.24) is 34.8 Å². The van der Waals surface area contributed by atoms with Gasteiger partial charge in [-0.15, -0.1) is 0 Å². The van der Waals surface area contributed by atoms with E-state index < -0.39 is 17.5 Å². The standard InChI is InChI=1S/C23H28F3N7O2/c24-23(25,26)17-4-15(28-29-17)3-14-5-20(6-14)9-31(10-20)19(34)32-11-21(12-32)7-16(8-21)33-13-27-18(30-33)22(35)1-2-22/h4,13-14,16,35H,1-3,5-12H2,(H,28,29). The molecule has 9 nitrogen and oxygen atoms in total. The van der Waals surface area contributed by atoms with E-state index in [-0.39, 0.29) is 22.9 Å². The molecule has 3 saturated carbocycles. The summed E-state index contributed by atoms with van der Waals surface area (Å²) in [5.74, 6) is 0.871. The molecule has 2 saturated heterocycles. The van der Waals surface area contributed by atoms with Gasteiger partial charge in [-0.2, -0.15) is 23.4 Å². The van der Waals surface area contributed by atoms with Crippen LogP contribution >= 0.6 is 0 Å². The number of carbonyl (C=O) groups excluding carboxylic acids is 1. The maximum absolute atomic E-state index is 12.9. The lowest BCUT2D eigenvalue weighted by Gasteiger charge is -2.63. The second-order valence-corrected chi connectivity index (χ2v) is 11.9. The summed E-state index contributed by atoms with van der Waals surface area (Å²) >= 11 is 0. The summed E-state index contributed by atoms with van der Waals surface area (Å²) in [6, 6.07) is 1.50. The molecule has 7 rings (SSSR count). The molecule has 12 heteroatoms. The van der Waals surface area contributed by atoms with Crippen LogP contribution in [-0.2, 0) is 18.2 Å². The highest BCUT2D eigenvalue weighted by atomic mass is 19.4. The topological polar surface area (TPSA) is 103 Å². The summed E-state index contributed by atoms with van der Waals surface area (Å²) in [5, 5.41) is 20.5. The first-order chi connectivity index (χ1) is 16.5. The number of amides is 2. The average molecular weight is 492 g/mol. The van der Waals surface area contributed by atoms with Gasteiger partial charge in [0.25, 0.3) is 0 Å². The number of likely N-dealkylation sites (tertiary alicyclic amines) is 2. The minimum atomic E-state index is -4.42. The summed E-state index contributed by atoms with van der Waals surface area (Å²) in [7, 11) is 0. The van der Waals surface area contributed by atoms with Crippen molar-refractivity contribution in [1.29, 1.82) is 0 Å². The van der Waals surface area contributed by atoms with Crippen LogP contribution in [0, 0.1) is 16.7 Å². The minimum absolute atomic E-state index is 0.107. The number of hydrogen-bond donors (Lipinski definition) is 2. The van der Waals surface area contributed by atoms with Crippen LogP contribution in [0.4, 0.5) is 18.0 Å². The molecular weight excluding hydrogens is 463 g/mol. The van der Waals surface area contributed by atoms with Gasteiger partial charge >= 0.3 is 12.2 Å². The fourth-order valence-corrected chi connectivity index (χ4v) is 6.88. The Labute approximate surface area is 199 Å². The summed E-state index contributed by atoms with van der Waals surface area (Å²) < 4.78 is 40.0. The van der Waals surface area contributed by atoms with Gasteiger partial charge in [-0.25, -0.2) is 14.5 Å². The largest absolute Gasteiger partial charge is 0.435 e. The van der Waals surface area contributed by atoms with E-state index in [1.807, 2.05) is 14.5 Å². The Balaban J connectivity index is 0.845. The number of hydrogen-bond acceptors (Lipinski definition) is 5. The monoisotopic (exact) mass is 491 g/mol. The number of aromatic amines is 1. The zero-order valence-electron chi connectivity index (χ0n) is 19.3. The third-order valence-electron chi connectivity index (χ3n) is 8.88. The van der Waals surface area contributed by atoms with Crippen molar-refractivity contribution < 1.29 is 23.1 Å². The van der Waals surface area contributed by atoms with Gasteiger partial charge in [-0.3, -0.25) is 5.10 Å². The Bertz CT molecular complexity index is 1160. The minimum Gasteiger partial charge on any atom is -0.382 e. The molecule has 2 N–H and O–H groups in total. The van der Waals surface area contributed by atoms with Crippen LogP contribution in [0.25, 0.3) is 0 Å². The van der Waals surface area contributed by atoms with Crippen molar-refractivity contribution in [3.63, 3.8) is 0 Å². The van der Waals surface area contributed by atoms with Gasteiger partial charge in [-0.05, 0) is 56.9 Å². The molecule has 5 fully saturated rings. The molecule has 0 radical (unpaired) electrons. The van der Waals surface area contributed by atoms with Crippen LogP contribution in [0.5, 0.6) is 0 Å². The smallest absolute Gasteiger partial charge is 0.382 e. The molecule has 2 aromatic heterocycles. The van der Waals surface area contributed by atoms with Crippen LogP contribution in [0.15, 0.2) is 12.4 Å². The zero-order chi connectivity index (χ0) is 24.2. The van der Waals surface area contributed by atoms with E-state index in [0.29, 0.717) is 23.9 Å². The summed E-state index contributed by atoms with van der Waals surface area (Å²) in [5.41, 5.74) is -0.813. The molecule has 2 spiro atoms. The SMILES string of the molecule is O=C(N1CC2(CC(Cc3cc(C(F)(F)F)n[nH]3)C2)C1)N1CC2(CC(n3cnc(C4(O)CC4)n3)C2)C1. The number of carbonyl (C=O) groups is 1. The molecular formula is C23H28F3N7O2. The first-order valence-corrected chi connectivity index (χ1v) is 12.3. The molecule has 3 aliphatic carbocycles. The predicted molar refractivity (Wildman–Crippen MR) is 115 cm³/mol. The van der Waals surface area contributed by atoms with Crippen LogP contribution < -0.4 is 0 Å². The molecule has 2 aromatic rings. The highest BCUT2D eigenvalue weighted by Crippen LogP contribution is 2.56. The van der Waals surface area contributed by atoms with Gasteiger partial charge < -0.3 is 14.9 Å². The lowest BCUT2D eigenvalue weighted by Crippen LogP contribution is -2.71. The molecule has 188 valence electrons. The zero-order valence-corrected chi connectivity index (χ0v) is 19.3.